The van der Waals surface area contributed by atoms with Crippen molar-refractivity contribution >= 4 is 15.9 Å². The zero-order valence-corrected chi connectivity index (χ0v) is 7.45. The minimum atomic E-state index is -4.62. The molecule has 0 unspecified atom stereocenters. The fourth-order valence-electron chi connectivity index (χ4n) is 0.764. The van der Waals surface area contributed by atoms with Crippen molar-refractivity contribution in [3.05, 3.63) is 20.5 Å². The number of rotatable bonds is 0. The standard InChI is InChI=1S/C5H4BrF3N2O/c1-11-3(6)2(4(12)10-11)5(7,8)9/h1H3,(H,10,12). The van der Waals surface area contributed by atoms with Gasteiger partial charge in [-0.2, -0.15) is 13.2 Å². The molecule has 1 aromatic heterocycles. The molecule has 1 aromatic rings. The van der Waals surface area contributed by atoms with E-state index in [9.17, 15) is 18.0 Å². The molecule has 0 aromatic carbocycles. The van der Waals surface area contributed by atoms with Gasteiger partial charge in [-0.15, -0.1) is 0 Å². The third-order valence-corrected chi connectivity index (χ3v) is 2.21. The maximum Gasteiger partial charge on any atom is 0.424 e. The third kappa shape index (κ3) is 1.40. The second-order valence-corrected chi connectivity index (χ2v) is 2.91. The largest absolute Gasteiger partial charge is 0.424 e. The summed E-state index contributed by atoms with van der Waals surface area (Å²) in [4.78, 5) is 10.7. The van der Waals surface area contributed by atoms with Crippen LogP contribution in [-0.2, 0) is 13.2 Å². The van der Waals surface area contributed by atoms with Crippen molar-refractivity contribution in [2.75, 3.05) is 0 Å². The van der Waals surface area contributed by atoms with E-state index in [0.717, 1.165) is 4.68 Å². The highest BCUT2D eigenvalue weighted by atomic mass is 79.9. The molecule has 68 valence electrons. The summed E-state index contributed by atoms with van der Waals surface area (Å²) >= 11 is 2.65. The lowest BCUT2D eigenvalue weighted by atomic mass is 10.3. The van der Waals surface area contributed by atoms with Crippen LogP contribution in [0.15, 0.2) is 9.40 Å². The molecule has 3 nitrogen and oxygen atoms in total. The maximum absolute atomic E-state index is 12.1. The minimum absolute atomic E-state index is 0.292. The van der Waals surface area contributed by atoms with Crippen LogP contribution >= 0.6 is 15.9 Å². The monoisotopic (exact) mass is 244 g/mol. The fourth-order valence-corrected chi connectivity index (χ4v) is 1.26. The molecule has 1 heterocycles. The van der Waals surface area contributed by atoms with Gasteiger partial charge in [-0.05, 0) is 15.9 Å². The molecule has 0 aliphatic carbocycles. The van der Waals surface area contributed by atoms with Gasteiger partial charge in [0.2, 0.25) is 0 Å². The molecule has 12 heavy (non-hydrogen) atoms. The average molecular weight is 245 g/mol. The first-order valence-electron chi connectivity index (χ1n) is 2.85. The van der Waals surface area contributed by atoms with Crippen molar-refractivity contribution in [3.63, 3.8) is 0 Å². The summed E-state index contributed by atoms with van der Waals surface area (Å²) in [5, 5.41) is 1.98. The average Bonchev–Trinajstić information content (AvgIpc) is 2.05. The number of nitrogens with zero attached hydrogens (tertiary/aromatic N) is 1. The Morgan fingerprint density at radius 3 is 2.17 bits per heavy atom. The van der Waals surface area contributed by atoms with E-state index in [-0.39, 0.29) is 4.60 Å². The van der Waals surface area contributed by atoms with Gasteiger partial charge in [0.1, 0.15) is 4.60 Å². The van der Waals surface area contributed by atoms with Crippen molar-refractivity contribution < 1.29 is 13.2 Å². The number of aromatic amines is 1. The van der Waals surface area contributed by atoms with Crippen LogP contribution in [0.1, 0.15) is 5.56 Å². The quantitative estimate of drug-likeness (QED) is 0.738. The number of H-pyrrole nitrogens is 1. The Morgan fingerprint density at radius 1 is 1.50 bits per heavy atom. The highest BCUT2D eigenvalue weighted by Crippen LogP contribution is 2.31. The molecule has 0 fully saturated rings. The van der Waals surface area contributed by atoms with E-state index in [4.69, 9.17) is 0 Å². The second kappa shape index (κ2) is 2.65. The van der Waals surface area contributed by atoms with Gasteiger partial charge in [-0.1, -0.05) is 0 Å². The third-order valence-electron chi connectivity index (χ3n) is 1.28. The number of aryl methyl sites for hydroxylation is 1. The van der Waals surface area contributed by atoms with Crippen molar-refractivity contribution in [1.29, 1.82) is 0 Å². The molecule has 0 amide bonds. The molecular weight excluding hydrogens is 241 g/mol. The summed E-state index contributed by atoms with van der Waals surface area (Å²) in [7, 11) is 1.31. The van der Waals surface area contributed by atoms with Crippen LogP contribution in [0.25, 0.3) is 0 Å². The van der Waals surface area contributed by atoms with Crippen molar-refractivity contribution in [1.82, 2.24) is 9.78 Å². The first-order chi connectivity index (χ1) is 5.34. The topological polar surface area (TPSA) is 37.8 Å². The van der Waals surface area contributed by atoms with Crippen molar-refractivity contribution in [2.45, 2.75) is 6.18 Å². The minimum Gasteiger partial charge on any atom is -0.281 e. The molecule has 0 atom stereocenters. The Kier molecular flexibility index (Phi) is 2.07. The van der Waals surface area contributed by atoms with Gasteiger partial charge in [0.15, 0.2) is 5.56 Å². The molecule has 0 aliphatic rings. The Bertz CT molecular complexity index is 351. The Morgan fingerprint density at radius 2 is 2.00 bits per heavy atom. The van der Waals surface area contributed by atoms with Gasteiger partial charge >= 0.3 is 6.18 Å². The molecule has 0 bridgehead atoms. The number of nitrogens with one attached hydrogen (secondary N) is 1. The molecule has 0 aliphatic heterocycles. The molecule has 7 heteroatoms. The lowest BCUT2D eigenvalue weighted by Gasteiger charge is -2.01. The predicted molar refractivity (Wildman–Crippen MR) is 38.7 cm³/mol. The number of hydrogen-bond acceptors (Lipinski definition) is 1. The summed E-state index contributed by atoms with van der Waals surface area (Å²) < 4.78 is 36.9. The molecular formula is C5H4BrF3N2O. The highest BCUT2D eigenvalue weighted by molar-refractivity contribution is 9.10. The lowest BCUT2D eigenvalue weighted by Crippen LogP contribution is -2.16. The zero-order chi connectivity index (χ0) is 9.52. The molecule has 0 saturated heterocycles. The highest BCUT2D eigenvalue weighted by Gasteiger charge is 2.38. The Balaban J connectivity index is 3.43. The zero-order valence-electron chi connectivity index (χ0n) is 5.87. The van der Waals surface area contributed by atoms with Crippen LogP contribution in [0.2, 0.25) is 0 Å². The van der Waals surface area contributed by atoms with E-state index in [1.165, 1.54) is 7.05 Å². The van der Waals surface area contributed by atoms with Crippen molar-refractivity contribution in [2.24, 2.45) is 7.05 Å². The van der Waals surface area contributed by atoms with Gasteiger partial charge < -0.3 is 0 Å². The van der Waals surface area contributed by atoms with Crippen LogP contribution in [-0.4, -0.2) is 9.78 Å². The van der Waals surface area contributed by atoms with Gasteiger partial charge in [0, 0.05) is 7.05 Å². The summed E-state index contributed by atoms with van der Waals surface area (Å²) in [6.07, 6.45) is -4.62. The Labute approximate surface area is 73.3 Å². The summed E-state index contributed by atoms with van der Waals surface area (Å²) in [5.41, 5.74) is -2.35. The number of halogens is 4. The van der Waals surface area contributed by atoms with E-state index in [1.54, 1.807) is 0 Å². The summed E-state index contributed by atoms with van der Waals surface area (Å²) in [5.74, 6) is 0. The lowest BCUT2D eigenvalue weighted by molar-refractivity contribution is -0.139. The van der Waals surface area contributed by atoms with Gasteiger partial charge in [-0.25, -0.2) is 0 Å². The summed E-state index contributed by atoms with van der Waals surface area (Å²) in [6.45, 7) is 0. The summed E-state index contributed by atoms with van der Waals surface area (Å²) in [6, 6.07) is 0. The van der Waals surface area contributed by atoms with Gasteiger partial charge in [-0.3, -0.25) is 14.6 Å². The fraction of sp³-hybridized carbons (Fsp3) is 0.400. The van der Waals surface area contributed by atoms with Crippen LogP contribution in [0, 0.1) is 0 Å². The second-order valence-electron chi connectivity index (χ2n) is 2.16. The van der Waals surface area contributed by atoms with Crippen LogP contribution in [0.4, 0.5) is 13.2 Å². The first kappa shape index (κ1) is 9.37. The van der Waals surface area contributed by atoms with E-state index in [0.29, 0.717) is 0 Å². The molecule has 0 spiro atoms. The van der Waals surface area contributed by atoms with E-state index < -0.39 is 17.3 Å². The molecule has 1 N–H and O–H groups in total. The SMILES string of the molecule is Cn1[nH]c(=O)c(C(F)(F)F)c1Br. The number of aromatic nitrogens is 2. The normalized spacial score (nSPS) is 12.1. The van der Waals surface area contributed by atoms with Crippen molar-refractivity contribution in [3.8, 4) is 0 Å². The molecule has 1 rings (SSSR count). The first-order valence-corrected chi connectivity index (χ1v) is 3.65. The van der Waals surface area contributed by atoms with Crippen LogP contribution in [0.5, 0.6) is 0 Å². The molecule has 0 radical (unpaired) electrons. The van der Waals surface area contributed by atoms with E-state index >= 15 is 0 Å². The number of alkyl halides is 3. The molecule has 0 saturated carbocycles. The van der Waals surface area contributed by atoms with Crippen LogP contribution in [0.3, 0.4) is 0 Å². The Hall–Kier alpha value is -0.720. The maximum atomic E-state index is 12.1. The number of hydrogen-bond donors (Lipinski definition) is 1. The predicted octanol–water partition coefficient (Wildman–Crippen LogP) is 1.49. The van der Waals surface area contributed by atoms with E-state index in [2.05, 4.69) is 15.9 Å². The van der Waals surface area contributed by atoms with Crippen LogP contribution < -0.4 is 5.56 Å². The van der Waals surface area contributed by atoms with Gasteiger partial charge in [0.25, 0.3) is 5.56 Å². The smallest absolute Gasteiger partial charge is 0.281 e. The van der Waals surface area contributed by atoms with E-state index in [1.807, 2.05) is 5.10 Å². The van der Waals surface area contributed by atoms with Gasteiger partial charge in [0.05, 0.1) is 0 Å².